The summed E-state index contributed by atoms with van der Waals surface area (Å²) in [6.45, 7) is 0.996. The summed E-state index contributed by atoms with van der Waals surface area (Å²) in [7, 11) is 0. The van der Waals surface area contributed by atoms with Crippen molar-refractivity contribution in [2.45, 2.75) is 24.7 Å². The lowest BCUT2D eigenvalue weighted by molar-refractivity contribution is -0.214. The van der Waals surface area contributed by atoms with Gasteiger partial charge in [0.2, 0.25) is 6.23 Å². The zero-order chi connectivity index (χ0) is 21.4. The molecule has 2 atom stereocenters. The highest BCUT2D eigenvalue weighted by atomic mass is 19.4. The number of hydrogen-bond donors (Lipinski definition) is 1. The Morgan fingerprint density at radius 1 is 1.17 bits per heavy atom. The molecule has 6 nitrogen and oxygen atoms in total. The molecule has 1 amide bonds. The summed E-state index contributed by atoms with van der Waals surface area (Å²) in [6, 6.07) is 3.63. The summed E-state index contributed by atoms with van der Waals surface area (Å²) >= 11 is 0. The van der Waals surface area contributed by atoms with Crippen molar-refractivity contribution in [2.75, 3.05) is 37.6 Å². The van der Waals surface area contributed by atoms with Gasteiger partial charge in [0.15, 0.2) is 6.10 Å². The van der Waals surface area contributed by atoms with E-state index in [2.05, 4.69) is 5.32 Å². The van der Waals surface area contributed by atoms with Crippen molar-refractivity contribution in [1.29, 1.82) is 5.26 Å². The summed E-state index contributed by atoms with van der Waals surface area (Å²) < 4.78 is 84.9. The van der Waals surface area contributed by atoms with Gasteiger partial charge < -0.3 is 19.9 Å². The fraction of sp³-hybridized carbons (Fsp3) is 0.529. The monoisotopic (exact) mass is 422 g/mol. The van der Waals surface area contributed by atoms with Gasteiger partial charge in [0.1, 0.15) is 0 Å². The van der Waals surface area contributed by atoms with E-state index in [0.29, 0.717) is 37.1 Å². The van der Waals surface area contributed by atoms with Gasteiger partial charge in [0, 0.05) is 31.9 Å². The summed E-state index contributed by atoms with van der Waals surface area (Å²) in [6.07, 6.45) is -13.9. The van der Waals surface area contributed by atoms with Crippen molar-refractivity contribution < 1.29 is 35.9 Å². The predicted octanol–water partition coefficient (Wildman–Crippen LogP) is 2.10. The normalized spacial score (nSPS) is 23.2. The molecule has 0 saturated carbocycles. The Morgan fingerprint density at radius 3 is 2.38 bits per heavy atom. The zero-order valence-corrected chi connectivity index (χ0v) is 14.8. The third kappa shape index (κ3) is 4.40. The molecule has 1 aromatic rings. The lowest BCUT2D eigenvalue weighted by Crippen LogP contribution is -2.50. The maximum Gasteiger partial charge on any atom is 0.433 e. The molecule has 2 fully saturated rings. The van der Waals surface area contributed by atoms with E-state index in [0.717, 1.165) is 12.1 Å². The van der Waals surface area contributed by atoms with Gasteiger partial charge in [-0.1, -0.05) is 0 Å². The molecular weight excluding hydrogens is 406 g/mol. The Kier molecular flexibility index (Phi) is 5.64. The third-order valence-corrected chi connectivity index (χ3v) is 4.68. The van der Waals surface area contributed by atoms with Crippen LogP contribution in [0.5, 0.6) is 0 Å². The van der Waals surface area contributed by atoms with Gasteiger partial charge in [-0.3, -0.25) is 4.79 Å². The minimum atomic E-state index is -4.94. The molecule has 2 aliphatic heterocycles. The molecule has 29 heavy (non-hydrogen) atoms. The van der Waals surface area contributed by atoms with Crippen LogP contribution in [0, 0.1) is 11.3 Å². The van der Waals surface area contributed by atoms with Crippen molar-refractivity contribution in [2.24, 2.45) is 0 Å². The van der Waals surface area contributed by atoms with Crippen LogP contribution in [0.15, 0.2) is 18.2 Å². The fourth-order valence-electron chi connectivity index (χ4n) is 3.31. The molecule has 2 saturated heterocycles. The number of piperazine rings is 1. The van der Waals surface area contributed by atoms with Crippen molar-refractivity contribution in [3.63, 3.8) is 0 Å². The number of amides is 1. The maximum absolute atomic E-state index is 13.5. The molecule has 12 heteroatoms. The minimum absolute atomic E-state index is 0.296. The molecule has 1 N–H and O–H groups in total. The summed E-state index contributed by atoms with van der Waals surface area (Å²) in [5, 5.41) is 11.9. The quantitative estimate of drug-likeness (QED) is 0.740. The summed E-state index contributed by atoms with van der Waals surface area (Å²) in [5.74, 6) is -0.645. The topological polar surface area (TPSA) is 68.6 Å². The van der Waals surface area contributed by atoms with Crippen molar-refractivity contribution in [3.8, 4) is 6.07 Å². The highest BCUT2D eigenvalue weighted by Crippen LogP contribution is 2.39. The molecule has 0 aliphatic carbocycles. The van der Waals surface area contributed by atoms with E-state index in [1.165, 1.54) is 11.0 Å². The summed E-state index contributed by atoms with van der Waals surface area (Å²) in [4.78, 5) is 14.5. The Labute approximate surface area is 161 Å². The Hall–Kier alpha value is -2.52. The average molecular weight is 422 g/mol. The van der Waals surface area contributed by atoms with Crippen LogP contribution in [-0.2, 0) is 15.7 Å². The van der Waals surface area contributed by atoms with Gasteiger partial charge in [-0.2, -0.15) is 31.6 Å². The molecule has 2 aliphatic rings. The first kappa shape index (κ1) is 21.2. The first-order valence-electron chi connectivity index (χ1n) is 8.62. The molecule has 0 aromatic heterocycles. The number of ether oxygens (including phenoxy) is 1. The van der Waals surface area contributed by atoms with Crippen LogP contribution in [0.2, 0.25) is 0 Å². The SMILES string of the molecule is N#Cc1ccc(N2CC(C(=O)N3CCNCC3)OC2C(F)(F)F)cc1C(F)(F)F. The first-order valence-corrected chi connectivity index (χ1v) is 8.62. The van der Waals surface area contributed by atoms with Gasteiger partial charge in [0.25, 0.3) is 5.91 Å². The van der Waals surface area contributed by atoms with Gasteiger partial charge in [-0.05, 0) is 18.2 Å². The highest BCUT2D eigenvalue weighted by molar-refractivity contribution is 5.82. The Bertz CT molecular complexity index is 814. The number of benzene rings is 1. The molecule has 2 unspecified atom stereocenters. The fourth-order valence-corrected chi connectivity index (χ4v) is 3.31. The molecule has 0 bridgehead atoms. The molecule has 3 rings (SSSR count). The molecule has 0 radical (unpaired) electrons. The lowest BCUT2D eigenvalue weighted by atomic mass is 10.1. The van der Waals surface area contributed by atoms with Gasteiger partial charge >= 0.3 is 12.4 Å². The lowest BCUT2D eigenvalue weighted by Gasteiger charge is -2.29. The van der Waals surface area contributed by atoms with E-state index >= 15 is 0 Å². The number of alkyl halides is 6. The van der Waals surface area contributed by atoms with Crippen LogP contribution in [0.25, 0.3) is 0 Å². The van der Waals surface area contributed by atoms with Gasteiger partial charge in [-0.25, -0.2) is 0 Å². The smallest absolute Gasteiger partial charge is 0.338 e. The van der Waals surface area contributed by atoms with Crippen LogP contribution in [0.4, 0.5) is 32.0 Å². The first-order chi connectivity index (χ1) is 13.5. The van der Waals surface area contributed by atoms with Crippen LogP contribution in [-0.4, -0.2) is 62.0 Å². The van der Waals surface area contributed by atoms with Crippen LogP contribution < -0.4 is 10.2 Å². The molecule has 158 valence electrons. The van der Waals surface area contributed by atoms with E-state index in [1.54, 1.807) is 0 Å². The van der Waals surface area contributed by atoms with Crippen molar-refractivity contribution in [1.82, 2.24) is 10.2 Å². The second-order valence-electron chi connectivity index (χ2n) is 6.59. The molecule has 0 spiro atoms. The summed E-state index contributed by atoms with van der Waals surface area (Å²) in [5.41, 5.74) is -2.50. The second kappa shape index (κ2) is 7.72. The number of rotatable bonds is 2. The molecule has 2 heterocycles. The average Bonchev–Trinajstić information content (AvgIpc) is 3.13. The number of carbonyl (C=O) groups is 1. The number of halogens is 6. The van der Waals surface area contributed by atoms with E-state index < -0.39 is 54.0 Å². The van der Waals surface area contributed by atoms with Crippen LogP contribution in [0.1, 0.15) is 11.1 Å². The van der Waals surface area contributed by atoms with Crippen molar-refractivity contribution >= 4 is 11.6 Å². The molecule has 1 aromatic carbocycles. The number of nitrogens with one attached hydrogen (secondary N) is 1. The van der Waals surface area contributed by atoms with Gasteiger partial charge in [0.05, 0.1) is 23.7 Å². The highest BCUT2D eigenvalue weighted by Gasteiger charge is 2.53. The van der Waals surface area contributed by atoms with Crippen LogP contribution >= 0.6 is 0 Å². The van der Waals surface area contributed by atoms with Gasteiger partial charge in [-0.15, -0.1) is 0 Å². The Morgan fingerprint density at radius 2 is 1.83 bits per heavy atom. The number of hydrogen-bond acceptors (Lipinski definition) is 5. The minimum Gasteiger partial charge on any atom is -0.338 e. The number of carbonyl (C=O) groups excluding carboxylic acids is 1. The van der Waals surface area contributed by atoms with E-state index in [1.807, 2.05) is 0 Å². The van der Waals surface area contributed by atoms with Crippen LogP contribution in [0.3, 0.4) is 0 Å². The number of nitrogens with zero attached hydrogens (tertiary/aromatic N) is 3. The van der Waals surface area contributed by atoms with E-state index in [4.69, 9.17) is 10.00 Å². The zero-order valence-electron chi connectivity index (χ0n) is 14.8. The van der Waals surface area contributed by atoms with E-state index in [-0.39, 0.29) is 0 Å². The Balaban J connectivity index is 1.92. The van der Waals surface area contributed by atoms with E-state index in [9.17, 15) is 31.1 Å². The number of anilines is 1. The standard InChI is InChI=1S/C17H16F6N4O2/c18-16(19,20)12-7-11(2-1-10(12)8-24)27-9-13(29-15(27)17(21,22)23)14(28)26-5-3-25-4-6-26/h1-2,7,13,15,25H,3-6,9H2. The van der Waals surface area contributed by atoms with Crippen molar-refractivity contribution in [3.05, 3.63) is 29.3 Å². The largest absolute Gasteiger partial charge is 0.433 e. The molecular formula is C17H16F6N4O2. The third-order valence-electron chi connectivity index (χ3n) is 4.68. The second-order valence-corrected chi connectivity index (χ2v) is 6.59. The predicted molar refractivity (Wildman–Crippen MR) is 87.7 cm³/mol. The maximum atomic E-state index is 13.5. The number of nitriles is 1.